The summed E-state index contributed by atoms with van der Waals surface area (Å²) < 4.78 is 0. The van der Waals surface area contributed by atoms with E-state index in [0.717, 1.165) is 11.1 Å². The van der Waals surface area contributed by atoms with Gasteiger partial charge in [-0.1, -0.05) is 42.5 Å². The smallest absolute Gasteiger partial charge is 0.251 e. The molecular weight excluding hydrogens is 314 g/mol. The summed E-state index contributed by atoms with van der Waals surface area (Å²) >= 11 is 0. The SMILES string of the molecule is CNC(=O)c1cccc(CNC(C(=O)NC(C)C)c2ccccc2)c1. The van der Waals surface area contributed by atoms with E-state index in [9.17, 15) is 9.59 Å². The van der Waals surface area contributed by atoms with Crippen LogP contribution in [0.25, 0.3) is 0 Å². The molecule has 3 N–H and O–H groups in total. The van der Waals surface area contributed by atoms with Gasteiger partial charge in [0.15, 0.2) is 0 Å². The van der Waals surface area contributed by atoms with E-state index in [4.69, 9.17) is 0 Å². The molecule has 0 heterocycles. The predicted octanol–water partition coefficient (Wildman–Crippen LogP) is 2.40. The molecule has 2 rings (SSSR count). The standard InChI is InChI=1S/C20H25N3O2/c1-14(2)23-20(25)18(16-9-5-4-6-10-16)22-13-15-8-7-11-17(12-15)19(24)21-3/h4-12,14,18,22H,13H2,1-3H3,(H,21,24)(H,23,25). The number of carbonyl (C=O) groups is 2. The second-order valence-electron chi connectivity index (χ2n) is 6.17. The molecule has 0 spiro atoms. The van der Waals surface area contributed by atoms with Crippen LogP contribution >= 0.6 is 0 Å². The maximum Gasteiger partial charge on any atom is 0.251 e. The van der Waals surface area contributed by atoms with E-state index in [1.54, 1.807) is 13.1 Å². The molecule has 0 aliphatic heterocycles. The number of hydrogen-bond donors (Lipinski definition) is 3. The normalized spacial score (nSPS) is 11.8. The molecule has 0 radical (unpaired) electrons. The molecule has 132 valence electrons. The van der Waals surface area contributed by atoms with E-state index in [0.29, 0.717) is 12.1 Å². The van der Waals surface area contributed by atoms with E-state index >= 15 is 0 Å². The van der Waals surface area contributed by atoms with Crippen molar-refractivity contribution >= 4 is 11.8 Å². The summed E-state index contributed by atoms with van der Waals surface area (Å²) in [6.45, 7) is 4.36. The summed E-state index contributed by atoms with van der Waals surface area (Å²) in [6.07, 6.45) is 0. The topological polar surface area (TPSA) is 70.2 Å². The van der Waals surface area contributed by atoms with Gasteiger partial charge in [-0.15, -0.1) is 0 Å². The van der Waals surface area contributed by atoms with Crippen molar-refractivity contribution in [2.75, 3.05) is 7.05 Å². The largest absolute Gasteiger partial charge is 0.355 e. The lowest BCUT2D eigenvalue weighted by molar-refractivity contribution is -0.123. The van der Waals surface area contributed by atoms with Crippen LogP contribution in [0.15, 0.2) is 54.6 Å². The first-order valence-electron chi connectivity index (χ1n) is 8.41. The van der Waals surface area contributed by atoms with Crippen LogP contribution in [0.3, 0.4) is 0 Å². The zero-order valence-electron chi connectivity index (χ0n) is 14.9. The molecule has 0 bridgehead atoms. The highest BCUT2D eigenvalue weighted by molar-refractivity contribution is 5.94. The van der Waals surface area contributed by atoms with Gasteiger partial charge >= 0.3 is 0 Å². The number of amides is 2. The van der Waals surface area contributed by atoms with Gasteiger partial charge in [-0.2, -0.15) is 0 Å². The maximum absolute atomic E-state index is 12.6. The molecule has 25 heavy (non-hydrogen) atoms. The van der Waals surface area contributed by atoms with E-state index in [2.05, 4.69) is 16.0 Å². The highest BCUT2D eigenvalue weighted by atomic mass is 16.2. The van der Waals surface area contributed by atoms with Gasteiger partial charge in [-0.25, -0.2) is 0 Å². The molecule has 5 nitrogen and oxygen atoms in total. The fraction of sp³-hybridized carbons (Fsp3) is 0.300. The molecule has 1 unspecified atom stereocenters. The highest BCUT2D eigenvalue weighted by Gasteiger charge is 2.20. The Kier molecular flexibility index (Phi) is 6.71. The van der Waals surface area contributed by atoms with E-state index in [-0.39, 0.29) is 17.9 Å². The summed E-state index contributed by atoms with van der Waals surface area (Å²) in [7, 11) is 1.61. The van der Waals surface area contributed by atoms with Crippen molar-refractivity contribution in [2.45, 2.75) is 32.5 Å². The fourth-order valence-corrected chi connectivity index (χ4v) is 2.56. The van der Waals surface area contributed by atoms with Gasteiger partial charge in [0.2, 0.25) is 5.91 Å². The number of hydrogen-bond acceptors (Lipinski definition) is 3. The molecule has 2 aromatic carbocycles. The third kappa shape index (κ3) is 5.43. The van der Waals surface area contributed by atoms with Gasteiger partial charge < -0.3 is 10.6 Å². The molecule has 0 aliphatic carbocycles. The molecule has 0 saturated heterocycles. The highest BCUT2D eigenvalue weighted by Crippen LogP contribution is 2.15. The second-order valence-corrected chi connectivity index (χ2v) is 6.17. The van der Waals surface area contributed by atoms with Gasteiger partial charge in [-0.05, 0) is 37.1 Å². The number of benzene rings is 2. The minimum absolute atomic E-state index is 0.0661. The maximum atomic E-state index is 12.6. The second kappa shape index (κ2) is 8.99. The number of nitrogens with one attached hydrogen (secondary N) is 3. The zero-order valence-corrected chi connectivity index (χ0v) is 14.9. The Morgan fingerprint density at radius 3 is 2.36 bits per heavy atom. The average molecular weight is 339 g/mol. The lowest BCUT2D eigenvalue weighted by Gasteiger charge is -2.20. The Morgan fingerprint density at radius 1 is 1.00 bits per heavy atom. The Hall–Kier alpha value is -2.66. The summed E-state index contributed by atoms with van der Waals surface area (Å²) in [4.78, 5) is 24.3. The Balaban J connectivity index is 2.15. The molecule has 2 amide bonds. The summed E-state index contributed by atoms with van der Waals surface area (Å²) in [6, 6.07) is 16.6. The van der Waals surface area contributed by atoms with Crippen LogP contribution in [0.2, 0.25) is 0 Å². The molecule has 0 fully saturated rings. The zero-order chi connectivity index (χ0) is 18.2. The van der Waals surface area contributed by atoms with Gasteiger partial charge in [0, 0.05) is 25.2 Å². The Labute approximate surface area is 148 Å². The predicted molar refractivity (Wildman–Crippen MR) is 99.1 cm³/mol. The van der Waals surface area contributed by atoms with Crippen LogP contribution in [0, 0.1) is 0 Å². The van der Waals surface area contributed by atoms with Gasteiger partial charge in [0.1, 0.15) is 6.04 Å². The van der Waals surface area contributed by atoms with Crippen molar-refractivity contribution in [3.8, 4) is 0 Å². The summed E-state index contributed by atoms with van der Waals surface area (Å²) in [5.74, 6) is -0.192. The third-order valence-corrected chi connectivity index (χ3v) is 3.75. The fourth-order valence-electron chi connectivity index (χ4n) is 2.56. The number of rotatable bonds is 7. The van der Waals surface area contributed by atoms with Crippen LogP contribution in [0.4, 0.5) is 0 Å². The molecule has 2 aromatic rings. The first-order chi connectivity index (χ1) is 12.0. The van der Waals surface area contributed by atoms with Crippen LogP contribution < -0.4 is 16.0 Å². The lowest BCUT2D eigenvalue weighted by atomic mass is 10.0. The van der Waals surface area contributed by atoms with Crippen molar-refractivity contribution in [1.82, 2.24) is 16.0 Å². The molecule has 1 atom stereocenters. The average Bonchev–Trinajstić information content (AvgIpc) is 2.61. The molecular formula is C20H25N3O2. The third-order valence-electron chi connectivity index (χ3n) is 3.75. The van der Waals surface area contributed by atoms with E-state index in [1.807, 2.05) is 62.4 Å². The van der Waals surface area contributed by atoms with Crippen molar-refractivity contribution < 1.29 is 9.59 Å². The molecule has 0 aliphatic rings. The minimum atomic E-state index is -0.452. The Morgan fingerprint density at radius 2 is 1.72 bits per heavy atom. The summed E-state index contributed by atoms with van der Waals surface area (Å²) in [5, 5.41) is 8.86. The van der Waals surface area contributed by atoms with Crippen molar-refractivity contribution in [2.24, 2.45) is 0 Å². The monoisotopic (exact) mass is 339 g/mol. The quantitative estimate of drug-likeness (QED) is 0.725. The molecule has 0 aromatic heterocycles. The van der Waals surface area contributed by atoms with E-state index < -0.39 is 6.04 Å². The lowest BCUT2D eigenvalue weighted by Crippen LogP contribution is -2.40. The minimum Gasteiger partial charge on any atom is -0.355 e. The number of carbonyl (C=O) groups excluding carboxylic acids is 2. The van der Waals surface area contributed by atoms with Crippen LogP contribution in [-0.4, -0.2) is 24.9 Å². The van der Waals surface area contributed by atoms with Gasteiger partial charge in [0.05, 0.1) is 0 Å². The first-order valence-corrected chi connectivity index (χ1v) is 8.41. The molecule has 0 saturated carbocycles. The van der Waals surface area contributed by atoms with Crippen LogP contribution in [0.5, 0.6) is 0 Å². The molecule has 5 heteroatoms. The van der Waals surface area contributed by atoms with Crippen molar-refractivity contribution in [1.29, 1.82) is 0 Å². The summed E-state index contributed by atoms with van der Waals surface area (Å²) in [5.41, 5.74) is 2.45. The van der Waals surface area contributed by atoms with Crippen molar-refractivity contribution in [3.05, 3.63) is 71.3 Å². The first kappa shape index (κ1) is 18.7. The van der Waals surface area contributed by atoms with Gasteiger partial charge in [-0.3, -0.25) is 14.9 Å². The van der Waals surface area contributed by atoms with E-state index in [1.165, 1.54) is 0 Å². The van der Waals surface area contributed by atoms with Gasteiger partial charge in [0.25, 0.3) is 5.91 Å². The van der Waals surface area contributed by atoms with Crippen LogP contribution in [-0.2, 0) is 11.3 Å². The Bertz CT molecular complexity index is 714. The van der Waals surface area contributed by atoms with Crippen molar-refractivity contribution in [3.63, 3.8) is 0 Å². The van der Waals surface area contributed by atoms with Crippen LogP contribution in [0.1, 0.15) is 41.4 Å².